The van der Waals surface area contributed by atoms with E-state index in [1.165, 1.54) is 0 Å². The normalized spacial score (nSPS) is 11.1. The van der Waals surface area contributed by atoms with Crippen molar-refractivity contribution in [3.63, 3.8) is 0 Å². The van der Waals surface area contributed by atoms with E-state index in [4.69, 9.17) is 10.5 Å². The first-order chi connectivity index (χ1) is 6.98. The van der Waals surface area contributed by atoms with Crippen LogP contribution in [0.2, 0.25) is 0 Å². The fraction of sp³-hybridized carbons (Fsp3) is 0.455. The Bertz CT molecular complexity index is 344. The maximum Gasteiger partial charge on any atom is 0.316 e. The van der Waals surface area contributed by atoms with Crippen LogP contribution in [0.3, 0.4) is 0 Å². The third-order valence-corrected chi connectivity index (χ3v) is 2.29. The third kappa shape index (κ3) is 2.46. The summed E-state index contributed by atoms with van der Waals surface area (Å²) in [4.78, 5) is 15.6. The van der Waals surface area contributed by atoms with Gasteiger partial charge in [0, 0.05) is 6.20 Å². The van der Waals surface area contributed by atoms with E-state index >= 15 is 0 Å². The number of aromatic nitrogens is 1. The van der Waals surface area contributed by atoms with Crippen LogP contribution in [0.1, 0.15) is 26.3 Å². The number of carbonyl (C=O) groups is 1. The number of ether oxygens (including phenoxy) is 1. The van der Waals surface area contributed by atoms with Crippen molar-refractivity contribution in [2.24, 2.45) is 0 Å². The number of pyridine rings is 1. The molecule has 1 aromatic rings. The monoisotopic (exact) mass is 208 g/mol. The summed E-state index contributed by atoms with van der Waals surface area (Å²) in [6, 6.07) is 3.47. The number of nitrogens with zero attached hydrogens (tertiary/aromatic N) is 1. The molecule has 0 atom stereocenters. The van der Waals surface area contributed by atoms with E-state index in [9.17, 15) is 4.79 Å². The standard InChI is InChI=1S/C11H16N2O2/c1-4-15-10(14)11(2,3)8-5-6-9(12)13-7-8/h5-7H,4H2,1-3H3,(H2,12,13). The number of nitrogens with two attached hydrogens (primary N) is 1. The van der Waals surface area contributed by atoms with Gasteiger partial charge in [0.1, 0.15) is 5.82 Å². The maximum absolute atomic E-state index is 11.7. The maximum atomic E-state index is 11.7. The predicted molar refractivity (Wildman–Crippen MR) is 58.3 cm³/mol. The van der Waals surface area contributed by atoms with E-state index in [1.54, 1.807) is 39.1 Å². The van der Waals surface area contributed by atoms with Crippen molar-refractivity contribution >= 4 is 11.8 Å². The van der Waals surface area contributed by atoms with Gasteiger partial charge in [-0.05, 0) is 32.4 Å². The lowest BCUT2D eigenvalue weighted by atomic mass is 9.86. The summed E-state index contributed by atoms with van der Waals surface area (Å²) in [5, 5.41) is 0. The molecule has 0 aliphatic heterocycles. The van der Waals surface area contributed by atoms with Crippen LogP contribution in [-0.4, -0.2) is 17.6 Å². The zero-order chi connectivity index (χ0) is 11.5. The number of hydrogen-bond donors (Lipinski definition) is 1. The van der Waals surface area contributed by atoms with Crippen LogP contribution >= 0.6 is 0 Å². The molecule has 15 heavy (non-hydrogen) atoms. The summed E-state index contributed by atoms with van der Waals surface area (Å²) in [5.74, 6) is 0.190. The Labute approximate surface area is 89.5 Å². The highest BCUT2D eigenvalue weighted by atomic mass is 16.5. The number of carbonyl (C=O) groups excluding carboxylic acids is 1. The molecule has 0 aromatic carbocycles. The van der Waals surface area contributed by atoms with Gasteiger partial charge in [0.05, 0.1) is 12.0 Å². The minimum absolute atomic E-state index is 0.253. The van der Waals surface area contributed by atoms with Gasteiger partial charge in [0.2, 0.25) is 0 Å². The molecule has 82 valence electrons. The Kier molecular flexibility index (Phi) is 3.29. The summed E-state index contributed by atoms with van der Waals surface area (Å²) in [5.41, 5.74) is 5.59. The lowest BCUT2D eigenvalue weighted by Gasteiger charge is -2.22. The quantitative estimate of drug-likeness (QED) is 0.764. The zero-order valence-electron chi connectivity index (χ0n) is 9.28. The van der Waals surface area contributed by atoms with Gasteiger partial charge < -0.3 is 10.5 Å². The molecule has 0 spiro atoms. The van der Waals surface area contributed by atoms with Crippen LogP contribution in [0.4, 0.5) is 5.82 Å². The van der Waals surface area contributed by atoms with E-state index < -0.39 is 5.41 Å². The largest absolute Gasteiger partial charge is 0.465 e. The van der Waals surface area contributed by atoms with Crippen molar-refractivity contribution in [1.29, 1.82) is 0 Å². The molecule has 1 heterocycles. The fourth-order valence-corrected chi connectivity index (χ4v) is 1.20. The van der Waals surface area contributed by atoms with Gasteiger partial charge in [0.25, 0.3) is 0 Å². The van der Waals surface area contributed by atoms with Gasteiger partial charge in [0.15, 0.2) is 0 Å². The topological polar surface area (TPSA) is 65.2 Å². The van der Waals surface area contributed by atoms with Crippen LogP contribution in [0.15, 0.2) is 18.3 Å². The van der Waals surface area contributed by atoms with Gasteiger partial charge in [-0.2, -0.15) is 0 Å². The van der Waals surface area contributed by atoms with E-state index in [1.807, 2.05) is 0 Å². The summed E-state index contributed by atoms with van der Waals surface area (Å²) in [6.07, 6.45) is 1.60. The first-order valence-electron chi connectivity index (χ1n) is 4.87. The second-order valence-corrected chi connectivity index (χ2v) is 3.82. The number of nitrogen functional groups attached to an aromatic ring is 1. The van der Waals surface area contributed by atoms with Gasteiger partial charge in [-0.1, -0.05) is 6.07 Å². The van der Waals surface area contributed by atoms with Crippen LogP contribution in [0.5, 0.6) is 0 Å². The second-order valence-electron chi connectivity index (χ2n) is 3.82. The van der Waals surface area contributed by atoms with Crippen molar-refractivity contribution < 1.29 is 9.53 Å². The first-order valence-corrected chi connectivity index (χ1v) is 4.87. The Morgan fingerprint density at radius 2 is 2.20 bits per heavy atom. The molecule has 0 fully saturated rings. The highest BCUT2D eigenvalue weighted by Gasteiger charge is 2.31. The van der Waals surface area contributed by atoms with Crippen LogP contribution < -0.4 is 5.73 Å². The minimum atomic E-state index is -0.684. The molecule has 0 bridgehead atoms. The SMILES string of the molecule is CCOC(=O)C(C)(C)c1ccc(N)nc1. The number of esters is 1. The van der Waals surface area contributed by atoms with Crippen molar-refractivity contribution in [2.75, 3.05) is 12.3 Å². The molecule has 0 saturated carbocycles. The zero-order valence-corrected chi connectivity index (χ0v) is 9.28. The lowest BCUT2D eigenvalue weighted by Crippen LogP contribution is -2.31. The highest BCUT2D eigenvalue weighted by Crippen LogP contribution is 2.24. The highest BCUT2D eigenvalue weighted by molar-refractivity contribution is 5.82. The molecule has 1 aromatic heterocycles. The molecule has 1 rings (SSSR count). The Morgan fingerprint density at radius 1 is 1.53 bits per heavy atom. The summed E-state index contributed by atoms with van der Waals surface area (Å²) in [6.45, 7) is 5.77. The lowest BCUT2D eigenvalue weighted by molar-refractivity contribution is -0.148. The van der Waals surface area contributed by atoms with Crippen LogP contribution in [0.25, 0.3) is 0 Å². The van der Waals surface area contributed by atoms with Crippen molar-refractivity contribution in [2.45, 2.75) is 26.2 Å². The second kappa shape index (κ2) is 4.29. The molecule has 2 N–H and O–H groups in total. The average molecular weight is 208 g/mol. The van der Waals surface area contributed by atoms with Gasteiger partial charge in [-0.15, -0.1) is 0 Å². The molecule has 0 saturated heterocycles. The molecule has 4 nitrogen and oxygen atoms in total. The van der Waals surface area contributed by atoms with Crippen LogP contribution in [0, 0.1) is 0 Å². The molecular formula is C11H16N2O2. The van der Waals surface area contributed by atoms with E-state index in [2.05, 4.69) is 4.98 Å². The van der Waals surface area contributed by atoms with E-state index in [0.717, 1.165) is 5.56 Å². The van der Waals surface area contributed by atoms with Crippen molar-refractivity contribution in [3.05, 3.63) is 23.9 Å². The summed E-state index contributed by atoms with van der Waals surface area (Å²) < 4.78 is 4.99. The van der Waals surface area contributed by atoms with Crippen molar-refractivity contribution in [3.8, 4) is 0 Å². The summed E-state index contributed by atoms with van der Waals surface area (Å²) >= 11 is 0. The Morgan fingerprint density at radius 3 is 2.67 bits per heavy atom. The van der Waals surface area contributed by atoms with Gasteiger partial charge in [-0.3, -0.25) is 4.79 Å². The Hall–Kier alpha value is -1.58. The predicted octanol–water partition coefficient (Wildman–Crippen LogP) is 1.50. The minimum Gasteiger partial charge on any atom is -0.465 e. The van der Waals surface area contributed by atoms with Crippen molar-refractivity contribution in [1.82, 2.24) is 4.98 Å². The molecule has 0 aliphatic carbocycles. The molecular weight excluding hydrogens is 192 g/mol. The molecule has 0 radical (unpaired) electrons. The van der Waals surface area contributed by atoms with Crippen LogP contribution in [-0.2, 0) is 14.9 Å². The molecule has 0 amide bonds. The van der Waals surface area contributed by atoms with E-state index in [0.29, 0.717) is 12.4 Å². The van der Waals surface area contributed by atoms with E-state index in [-0.39, 0.29) is 5.97 Å². The molecule has 4 heteroatoms. The third-order valence-electron chi connectivity index (χ3n) is 2.29. The number of hydrogen-bond acceptors (Lipinski definition) is 4. The van der Waals surface area contributed by atoms with Gasteiger partial charge in [-0.25, -0.2) is 4.98 Å². The number of rotatable bonds is 3. The summed E-state index contributed by atoms with van der Waals surface area (Å²) in [7, 11) is 0. The smallest absolute Gasteiger partial charge is 0.316 e. The Balaban J connectivity index is 2.94. The molecule has 0 aliphatic rings. The van der Waals surface area contributed by atoms with Gasteiger partial charge >= 0.3 is 5.97 Å². The number of anilines is 1. The first kappa shape index (κ1) is 11.5. The fourth-order valence-electron chi connectivity index (χ4n) is 1.20. The average Bonchev–Trinajstić information content (AvgIpc) is 2.18. The molecule has 0 unspecified atom stereocenters.